The maximum atomic E-state index is 12.8. The zero-order valence-electron chi connectivity index (χ0n) is 25.9. The van der Waals surface area contributed by atoms with Crippen molar-refractivity contribution in [1.82, 2.24) is 31.6 Å². The van der Waals surface area contributed by atoms with Gasteiger partial charge < -0.3 is 30.3 Å². The third kappa shape index (κ3) is 9.31. The first-order valence-corrected chi connectivity index (χ1v) is 16.0. The molecule has 2 saturated carbocycles. The molecule has 0 aromatic heterocycles. The monoisotopic (exact) mass is 577 g/mol. The minimum absolute atomic E-state index is 0.0113. The summed E-state index contributed by atoms with van der Waals surface area (Å²) in [5, 5.41) is 24.4. The molecule has 11 heteroatoms. The van der Waals surface area contributed by atoms with Crippen molar-refractivity contribution in [2.45, 2.75) is 121 Å². The van der Waals surface area contributed by atoms with Crippen LogP contribution in [-0.4, -0.2) is 100.0 Å². The van der Waals surface area contributed by atoms with Crippen LogP contribution in [0.2, 0.25) is 0 Å². The van der Waals surface area contributed by atoms with E-state index in [-0.39, 0.29) is 60.5 Å². The molecule has 0 spiro atoms. The number of amides is 1. The fourth-order valence-corrected chi connectivity index (χ4v) is 7.01. The molecular formula is C30H55N7O4. The Balaban J connectivity index is 1.29. The van der Waals surface area contributed by atoms with Gasteiger partial charge in [0, 0.05) is 37.7 Å². The van der Waals surface area contributed by atoms with Gasteiger partial charge in [0.2, 0.25) is 5.91 Å². The number of hydrogen-bond acceptors (Lipinski definition) is 10. The fraction of sp³-hybridized carbons (Fsp3) is 0.933. The van der Waals surface area contributed by atoms with Crippen molar-refractivity contribution in [3.8, 4) is 6.07 Å². The molecule has 0 bridgehead atoms. The molecule has 8 unspecified atom stereocenters. The molecule has 4 fully saturated rings. The van der Waals surface area contributed by atoms with Crippen LogP contribution in [0.15, 0.2) is 0 Å². The van der Waals surface area contributed by atoms with Gasteiger partial charge in [-0.05, 0) is 84.3 Å². The van der Waals surface area contributed by atoms with Gasteiger partial charge in [0.05, 0.1) is 43.0 Å². The van der Waals surface area contributed by atoms with Crippen LogP contribution in [0.1, 0.15) is 72.1 Å². The average Bonchev–Trinajstić information content (AvgIpc) is 3.43. The number of hydrogen-bond donors (Lipinski definition) is 5. The van der Waals surface area contributed by atoms with E-state index < -0.39 is 0 Å². The molecule has 1 amide bonds. The van der Waals surface area contributed by atoms with Gasteiger partial charge in [-0.15, -0.1) is 0 Å². The van der Waals surface area contributed by atoms with Gasteiger partial charge in [-0.25, -0.2) is 0 Å². The van der Waals surface area contributed by atoms with E-state index in [4.69, 9.17) is 14.3 Å². The van der Waals surface area contributed by atoms with Gasteiger partial charge in [-0.2, -0.15) is 10.7 Å². The minimum Gasteiger partial charge on any atom is -0.376 e. The SMILES string of the molecule is CCOC1CC2NCC(C#N)C(NC3CCC(OCC4NC(C(C)C)NO4)CC3)C2CC1NC(=O)CCCN(C)C. The van der Waals surface area contributed by atoms with Crippen LogP contribution in [0, 0.1) is 29.1 Å². The normalized spacial score (nSPS) is 37.6. The van der Waals surface area contributed by atoms with E-state index in [9.17, 15) is 10.1 Å². The highest BCUT2D eigenvalue weighted by molar-refractivity contribution is 5.76. The average molecular weight is 578 g/mol. The third-order valence-electron chi connectivity index (χ3n) is 9.33. The predicted molar refractivity (Wildman–Crippen MR) is 157 cm³/mol. The molecule has 2 aliphatic heterocycles. The van der Waals surface area contributed by atoms with Crippen molar-refractivity contribution in [2.24, 2.45) is 17.8 Å². The molecule has 4 rings (SSSR count). The Kier molecular flexibility index (Phi) is 12.6. The first-order valence-electron chi connectivity index (χ1n) is 16.0. The largest absolute Gasteiger partial charge is 0.376 e. The number of hydroxylamine groups is 1. The van der Waals surface area contributed by atoms with Crippen molar-refractivity contribution < 1.29 is 19.1 Å². The lowest BCUT2D eigenvalue weighted by atomic mass is 9.69. The molecule has 0 aromatic carbocycles. The smallest absolute Gasteiger partial charge is 0.220 e. The summed E-state index contributed by atoms with van der Waals surface area (Å²) in [7, 11) is 4.06. The molecular weight excluding hydrogens is 522 g/mol. The highest BCUT2D eigenvalue weighted by Gasteiger charge is 2.47. The lowest BCUT2D eigenvalue weighted by Crippen LogP contribution is -2.66. The highest BCUT2D eigenvalue weighted by atomic mass is 16.7. The first kappa shape index (κ1) is 32.6. The summed E-state index contributed by atoms with van der Waals surface area (Å²) in [6.07, 6.45) is 7.35. The van der Waals surface area contributed by atoms with Crippen LogP contribution in [0.4, 0.5) is 0 Å². The van der Waals surface area contributed by atoms with Crippen molar-refractivity contribution in [2.75, 3.05) is 40.4 Å². The van der Waals surface area contributed by atoms with Gasteiger partial charge in [-0.1, -0.05) is 13.8 Å². The number of nitrogens with one attached hydrogen (secondary N) is 5. The van der Waals surface area contributed by atoms with E-state index >= 15 is 0 Å². The van der Waals surface area contributed by atoms with E-state index in [2.05, 4.69) is 51.6 Å². The standard InChI is InChI=1S/C30H55N7O4/c1-6-39-26-15-24-23(14-25(26)34-27(38)8-7-13-37(4)5)29(20(16-31)17-32-24)33-21-9-11-22(12-10-21)40-18-28-35-30(19(2)3)36-41-28/h19-26,28-30,32-33,35-36H,6-15,17-18H2,1-5H3,(H,34,38). The number of piperidine rings is 1. The van der Waals surface area contributed by atoms with E-state index in [0.29, 0.717) is 38.1 Å². The molecule has 2 saturated heterocycles. The van der Waals surface area contributed by atoms with E-state index in [1.807, 2.05) is 21.0 Å². The number of nitrogens with zero attached hydrogens (tertiary/aromatic N) is 2. The summed E-state index contributed by atoms with van der Waals surface area (Å²) in [6, 6.07) is 3.28. The minimum atomic E-state index is -0.116. The summed E-state index contributed by atoms with van der Waals surface area (Å²) in [5.41, 5.74) is 3.05. The third-order valence-corrected chi connectivity index (χ3v) is 9.33. The number of carbonyl (C=O) groups is 1. The molecule has 11 nitrogen and oxygen atoms in total. The Hall–Kier alpha value is -1.36. The molecule has 2 aliphatic carbocycles. The molecule has 5 N–H and O–H groups in total. The Labute approximate surface area is 247 Å². The molecule has 0 aromatic rings. The number of rotatable bonds is 13. The zero-order valence-corrected chi connectivity index (χ0v) is 25.9. The lowest BCUT2D eigenvalue weighted by molar-refractivity contribution is -0.124. The van der Waals surface area contributed by atoms with Crippen molar-refractivity contribution in [3.05, 3.63) is 0 Å². The number of fused-ring (bicyclic) bond motifs is 1. The Morgan fingerprint density at radius 1 is 1.17 bits per heavy atom. The molecule has 41 heavy (non-hydrogen) atoms. The van der Waals surface area contributed by atoms with Crippen LogP contribution in [0.3, 0.4) is 0 Å². The lowest BCUT2D eigenvalue weighted by Gasteiger charge is -2.50. The van der Waals surface area contributed by atoms with E-state index in [1.165, 1.54) is 0 Å². The summed E-state index contributed by atoms with van der Waals surface area (Å²) in [5.74, 6) is 0.704. The van der Waals surface area contributed by atoms with Gasteiger partial charge in [-0.3, -0.25) is 14.9 Å². The Bertz CT molecular complexity index is 847. The summed E-state index contributed by atoms with van der Waals surface area (Å²) in [4.78, 5) is 20.6. The fourth-order valence-electron chi connectivity index (χ4n) is 7.01. The quantitative estimate of drug-likeness (QED) is 0.219. The second-order valence-electron chi connectivity index (χ2n) is 13.1. The molecule has 234 valence electrons. The molecule has 2 heterocycles. The topological polar surface area (TPSA) is 132 Å². The first-order chi connectivity index (χ1) is 19.8. The van der Waals surface area contributed by atoms with Gasteiger partial charge in [0.25, 0.3) is 0 Å². The summed E-state index contributed by atoms with van der Waals surface area (Å²) >= 11 is 0. The molecule has 4 aliphatic rings. The van der Waals surface area contributed by atoms with E-state index in [1.54, 1.807) is 0 Å². The maximum Gasteiger partial charge on any atom is 0.220 e. The second-order valence-corrected chi connectivity index (χ2v) is 13.1. The Morgan fingerprint density at radius 2 is 1.95 bits per heavy atom. The van der Waals surface area contributed by atoms with Crippen LogP contribution in [0.25, 0.3) is 0 Å². The van der Waals surface area contributed by atoms with Gasteiger partial charge in [0.15, 0.2) is 6.23 Å². The number of nitriles is 1. The number of carbonyl (C=O) groups excluding carboxylic acids is 1. The molecule has 8 atom stereocenters. The van der Waals surface area contributed by atoms with Crippen molar-refractivity contribution in [3.63, 3.8) is 0 Å². The van der Waals surface area contributed by atoms with E-state index in [0.717, 1.165) is 51.5 Å². The summed E-state index contributed by atoms with van der Waals surface area (Å²) < 4.78 is 12.3. The number of ether oxygens (including phenoxy) is 2. The van der Waals surface area contributed by atoms with Crippen LogP contribution in [-0.2, 0) is 19.1 Å². The predicted octanol–water partition coefficient (Wildman–Crippen LogP) is 1.46. The van der Waals surface area contributed by atoms with Crippen molar-refractivity contribution in [1.29, 1.82) is 5.26 Å². The maximum absolute atomic E-state index is 12.8. The zero-order chi connectivity index (χ0) is 29.4. The summed E-state index contributed by atoms with van der Waals surface area (Å²) in [6.45, 7) is 9.07. The molecule has 0 radical (unpaired) electrons. The Morgan fingerprint density at radius 3 is 2.61 bits per heavy atom. The van der Waals surface area contributed by atoms with Crippen LogP contribution in [0.5, 0.6) is 0 Å². The van der Waals surface area contributed by atoms with Gasteiger partial charge in [0.1, 0.15) is 0 Å². The second kappa shape index (κ2) is 15.9. The van der Waals surface area contributed by atoms with Crippen LogP contribution >= 0.6 is 0 Å². The highest BCUT2D eigenvalue weighted by Crippen LogP contribution is 2.36. The van der Waals surface area contributed by atoms with Crippen molar-refractivity contribution >= 4 is 5.91 Å². The van der Waals surface area contributed by atoms with Gasteiger partial charge >= 0.3 is 0 Å². The van der Waals surface area contributed by atoms with Crippen LogP contribution < -0.4 is 26.7 Å².